The van der Waals surface area contributed by atoms with Crippen molar-refractivity contribution in [2.45, 2.75) is 40.3 Å². The number of hydrogen-bond acceptors (Lipinski definition) is 4. The molecule has 0 bridgehead atoms. The van der Waals surface area contributed by atoms with E-state index >= 15 is 0 Å². The largest absolute Gasteiger partial charge is 0.486 e. The maximum Gasteiger partial charge on any atom is 0.358 e. The zero-order valence-electron chi connectivity index (χ0n) is 17.4. The summed E-state index contributed by atoms with van der Waals surface area (Å²) in [6, 6.07) is 15.4. The number of nitrogens with zero attached hydrogens (tertiary/aromatic N) is 2. The zero-order valence-corrected chi connectivity index (χ0v) is 18.9. The zero-order chi connectivity index (χ0) is 22.1. The molecule has 0 unspecified atom stereocenters. The van der Waals surface area contributed by atoms with E-state index in [-0.39, 0.29) is 12.3 Å². The van der Waals surface area contributed by atoms with Crippen LogP contribution < -0.4 is 0 Å². The third-order valence-electron chi connectivity index (χ3n) is 4.06. The highest BCUT2D eigenvalue weighted by molar-refractivity contribution is 9.10. The highest BCUT2D eigenvalue weighted by Gasteiger charge is 2.31. The fourth-order valence-corrected chi connectivity index (χ4v) is 3.22. The van der Waals surface area contributed by atoms with Gasteiger partial charge in [-0.05, 0) is 43.2 Å². The fourth-order valence-electron chi connectivity index (χ4n) is 2.81. The van der Waals surface area contributed by atoms with Crippen molar-refractivity contribution in [2.24, 2.45) is 5.10 Å². The number of ether oxygens (including phenoxy) is 1. The van der Waals surface area contributed by atoms with E-state index in [1.54, 1.807) is 0 Å². The van der Waals surface area contributed by atoms with Crippen LogP contribution in [-0.2, 0) is 22.7 Å². The molecule has 0 atom stereocenters. The van der Waals surface area contributed by atoms with Crippen LogP contribution in [-0.4, -0.2) is 21.8 Å². The summed E-state index contributed by atoms with van der Waals surface area (Å²) in [6.45, 7) is 6.27. The first-order valence-electron chi connectivity index (χ1n) is 9.53. The molecule has 3 rings (SSSR count). The molecule has 0 fully saturated rings. The number of hydrazone groups is 1. The Morgan fingerprint density at radius 1 is 1.27 bits per heavy atom. The van der Waals surface area contributed by atoms with E-state index in [0.29, 0.717) is 12.3 Å². The lowest BCUT2D eigenvalue weighted by Crippen LogP contribution is -2.29. The van der Waals surface area contributed by atoms with Gasteiger partial charge >= 0.3 is 5.97 Å². The van der Waals surface area contributed by atoms with Gasteiger partial charge in [0.05, 0.1) is 6.54 Å². The molecule has 2 aromatic rings. The lowest BCUT2D eigenvalue weighted by Gasteiger charge is -2.29. The number of aliphatic carboxylic acids is 1. The minimum Gasteiger partial charge on any atom is -0.486 e. The second kappa shape index (κ2) is 11.2. The molecule has 0 aromatic heterocycles. The van der Waals surface area contributed by atoms with Crippen molar-refractivity contribution in [1.29, 1.82) is 0 Å². The summed E-state index contributed by atoms with van der Waals surface area (Å²) < 4.78 is 6.92. The molecule has 0 saturated carbocycles. The minimum atomic E-state index is -1.06. The summed E-state index contributed by atoms with van der Waals surface area (Å²) in [5.41, 5.74) is 3.52. The molecule has 5 nitrogen and oxygen atoms in total. The van der Waals surface area contributed by atoms with Crippen molar-refractivity contribution in [1.82, 2.24) is 5.01 Å². The molecular formula is C24H25BrN2O3. The molecule has 6 heteroatoms. The SMILES string of the molecule is C#CCC.CC(C)=NN1Cc2cc(Br)ccc2C(OCc2ccccc2)=C1C(=O)O. The van der Waals surface area contributed by atoms with E-state index < -0.39 is 5.97 Å². The van der Waals surface area contributed by atoms with Gasteiger partial charge in [-0.3, -0.25) is 5.01 Å². The number of terminal acetylenes is 1. The molecule has 0 amide bonds. The first-order chi connectivity index (χ1) is 14.4. The van der Waals surface area contributed by atoms with Crippen LogP contribution in [0.1, 0.15) is 43.9 Å². The summed E-state index contributed by atoms with van der Waals surface area (Å²) in [4.78, 5) is 12.0. The number of carboxylic acids is 1. The van der Waals surface area contributed by atoms with Gasteiger partial charge in [0.15, 0.2) is 11.5 Å². The van der Waals surface area contributed by atoms with Gasteiger partial charge in [-0.1, -0.05) is 53.2 Å². The third-order valence-corrected chi connectivity index (χ3v) is 4.55. The topological polar surface area (TPSA) is 62.1 Å². The fraction of sp³-hybridized carbons (Fsp3) is 0.250. The van der Waals surface area contributed by atoms with Gasteiger partial charge < -0.3 is 9.84 Å². The number of halogens is 1. The first kappa shape index (κ1) is 23.2. The number of carbonyl (C=O) groups is 1. The van der Waals surface area contributed by atoms with Crippen LogP contribution in [0.25, 0.3) is 5.76 Å². The summed E-state index contributed by atoms with van der Waals surface area (Å²) in [5, 5.41) is 15.7. The smallest absolute Gasteiger partial charge is 0.358 e. The number of carboxylic acid groups (broad SMARTS) is 1. The molecule has 1 heterocycles. The number of fused-ring (bicyclic) bond motifs is 1. The molecule has 156 valence electrons. The molecular weight excluding hydrogens is 444 g/mol. The average molecular weight is 469 g/mol. The maximum atomic E-state index is 12.0. The normalized spacial score (nSPS) is 12.2. The molecule has 0 aliphatic carbocycles. The summed E-state index contributed by atoms with van der Waals surface area (Å²) in [5.74, 6) is 1.70. The Hall–Kier alpha value is -3.04. The predicted octanol–water partition coefficient (Wildman–Crippen LogP) is 5.66. The van der Waals surface area contributed by atoms with Gasteiger partial charge in [0.25, 0.3) is 0 Å². The number of benzene rings is 2. The molecule has 1 aliphatic heterocycles. The maximum absolute atomic E-state index is 12.0. The lowest BCUT2D eigenvalue weighted by atomic mass is 10.0. The Labute approximate surface area is 186 Å². The van der Waals surface area contributed by atoms with Crippen LogP contribution in [0, 0.1) is 12.3 Å². The van der Waals surface area contributed by atoms with E-state index in [1.807, 2.05) is 69.3 Å². The molecule has 0 spiro atoms. The summed E-state index contributed by atoms with van der Waals surface area (Å²) >= 11 is 3.47. The van der Waals surface area contributed by atoms with E-state index in [1.165, 1.54) is 5.01 Å². The van der Waals surface area contributed by atoms with Gasteiger partial charge in [-0.15, -0.1) is 12.3 Å². The number of hydrogen-bond donors (Lipinski definition) is 1. The molecule has 1 N–H and O–H groups in total. The lowest BCUT2D eigenvalue weighted by molar-refractivity contribution is -0.134. The Morgan fingerprint density at radius 2 is 1.93 bits per heavy atom. The second-order valence-corrected chi connectivity index (χ2v) is 7.64. The second-order valence-electron chi connectivity index (χ2n) is 6.72. The van der Waals surface area contributed by atoms with Crippen LogP contribution in [0.3, 0.4) is 0 Å². The number of rotatable bonds is 5. The Kier molecular flexibility index (Phi) is 8.70. The van der Waals surface area contributed by atoms with Crippen molar-refractivity contribution in [3.8, 4) is 12.3 Å². The van der Waals surface area contributed by atoms with Crippen LogP contribution in [0.15, 0.2) is 63.8 Å². The van der Waals surface area contributed by atoms with Gasteiger partial charge in [-0.2, -0.15) is 5.10 Å². The Bertz CT molecular complexity index is 987. The third kappa shape index (κ3) is 6.23. The van der Waals surface area contributed by atoms with E-state index in [4.69, 9.17) is 11.2 Å². The first-order valence-corrected chi connectivity index (χ1v) is 10.3. The molecule has 0 saturated heterocycles. The van der Waals surface area contributed by atoms with Gasteiger partial charge in [-0.25, -0.2) is 4.79 Å². The molecule has 1 aliphatic rings. The van der Waals surface area contributed by atoms with E-state index in [0.717, 1.165) is 33.3 Å². The minimum absolute atomic E-state index is 0.0527. The standard InChI is InChI=1S/C20H19BrN2O3.C4H6/c1-13(2)22-23-11-15-10-16(21)8-9-17(15)19(18(23)20(24)25)26-12-14-6-4-3-5-7-14;1-3-4-2/h3-10H,11-12H2,1-2H3,(H,24,25);1H,4H2,2H3. The summed E-state index contributed by atoms with van der Waals surface area (Å²) in [7, 11) is 0. The van der Waals surface area contributed by atoms with Crippen LogP contribution in [0.2, 0.25) is 0 Å². The van der Waals surface area contributed by atoms with Crippen LogP contribution >= 0.6 is 15.9 Å². The van der Waals surface area contributed by atoms with Crippen molar-refractivity contribution < 1.29 is 14.6 Å². The van der Waals surface area contributed by atoms with Crippen LogP contribution in [0.4, 0.5) is 0 Å². The van der Waals surface area contributed by atoms with Crippen LogP contribution in [0.5, 0.6) is 0 Å². The van der Waals surface area contributed by atoms with Crippen molar-refractivity contribution >= 4 is 33.4 Å². The molecule has 30 heavy (non-hydrogen) atoms. The van der Waals surface area contributed by atoms with E-state index in [9.17, 15) is 9.90 Å². The van der Waals surface area contributed by atoms with E-state index in [2.05, 4.69) is 27.0 Å². The monoisotopic (exact) mass is 468 g/mol. The van der Waals surface area contributed by atoms with Gasteiger partial charge in [0, 0.05) is 22.2 Å². The summed E-state index contributed by atoms with van der Waals surface area (Å²) in [6.07, 6.45) is 5.62. The van der Waals surface area contributed by atoms with Crippen molar-refractivity contribution in [3.05, 3.63) is 75.4 Å². The quantitative estimate of drug-likeness (QED) is 0.454. The Balaban J connectivity index is 0.000000735. The molecule has 2 aromatic carbocycles. The predicted molar refractivity (Wildman–Crippen MR) is 123 cm³/mol. The highest BCUT2D eigenvalue weighted by atomic mass is 79.9. The molecule has 0 radical (unpaired) electrons. The highest BCUT2D eigenvalue weighted by Crippen LogP contribution is 2.35. The average Bonchev–Trinajstić information content (AvgIpc) is 2.71. The van der Waals surface area contributed by atoms with Crippen molar-refractivity contribution in [2.75, 3.05) is 0 Å². The van der Waals surface area contributed by atoms with Gasteiger partial charge in [0.2, 0.25) is 0 Å². The van der Waals surface area contributed by atoms with Crippen molar-refractivity contribution in [3.63, 3.8) is 0 Å². The Morgan fingerprint density at radius 3 is 2.50 bits per heavy atom. The van der Waals surface area contributed by atoms with Gasteiger partial charge in [0.1, 0.15) is 6.61 Å².